The van der Waals surface area contributed by atoms with Crippen LogP contribution in [0.5, 0.6) is 0 Å². The van der Waals surface area contributed by atoms with E-state index in [9.17, 15) is 4.79 Å². The van der Waals surface area contributed by atoms with Crippen LogP contribution in [-0.2, 0) is 9.53 Å². The van der Waals surface area contributed by atoms with Crippen molar-refractivity contribution in [2.24, 2.45) is 5.92 Å². The molecule has 1 fully saturated rings. The number of ether oxygens (including phenoxy) is 1. The molecular weight excluding hydrogens is 172 g/mol. The molecule has 0 aromatic carbocycles. The van der Waals surface area contributed by atoms with Crippen LogP contribution in [0.15, 0.2) is 10.7 Å². The monoisotopic (exact) mass is 184 g/mol. The second-order valence-corrected chi connectivity index (χ2v) is 4.33. The summed E-state index contributed by atoms with van der Waals surface area (Å²) in [6, 6.07) is 0. The zero-order chi connectivity index (χ0) is 8.55. The van der Waals surface area contributed by atoms with Gasteiger partial charge in [0.25, 0.3) is 0 Å². The Morgan fingerprint density at radius 1 is 1.58 bits per heavy atom. The smallest absolute Gasteiger partial charge is 0.169 e. The number of carbonyl (C=O) groups is 1. The third kappa shape index (κ3) is 1.51. The second-order valence-electron chi connectivity index (χ2n) is 3.22. The lowest BCUT2D eigenvalue weighted by atomic mass is 10.2. The van der Waals surface area contributed by atoms with Gasteiger partial charge in [-0.3, -0.25) is 4.79 Å². The van der Waals surface area contributed by atoms with Gasteiger partial charge in [0, 0.05) is 11.7 Å². The summed E-state index contributed by atoms with van der Waals surface area (Å²) >= 11 is 1.65. The first-order valence-electron chi connectivity index (χ1n) is 4.29. The highest BCUT2D eigenvalue weighted by atomic mass is 32.2. The summed E-state index contributed by atoms with van der Waals surface area (Å²) in [7, 11) is 0. The summed E-state index contributed by atoms with van der Waals surface area (Å²) in [6.07, 6.45) is 2.40. The van der Waals surface area contributed by atoms with E-state index < -0.39 is 0 Å². The van der Waals surface area contributed by atoms with Crippen LogP contribution in [0, 0.1) is 5.92 Å². The van der Waals surface area contributed by atoms with Crippen molar-refractivity contribution in [3.63, 3.8) is 0 Å². The number of Topliss-reactive ketones (excluding diaryl/α,β-unsaturated/α-hetero) is 1. The molecule has 0 amide bonds. The third-order valence-corrected chi connectivity index (χ3v) is 3.23. The summed E-state index contributed by atoms with van der Waals surface area (Å²) in [5.41, 5.74) is 0. The van der Waals surface area contributed by atoms with Crippen LogP contribution >= 0.6 is 11.8 Å². The normalized spacial score (nSPS) is 23.8. The number of hydrogen-bond donors (Lipinski definition) is 0. The molecule has 0 spiro atoms. The minimum Gasteiger partial charge on any atom is -0.495 e. The maximum absolute atomic E-state index is 11.2. The highest BCUT2D eigenvalue weighted by Crippen LogP contribution is 2.42. The van der Waals surface area contributed by atoms with Crippen molar-refractivity contribution in [1.29, 1.82) is 0 Å². The molecule has 1 heterocycles. The first-order chi connectivity index (χ1) is 5.79. The number of allylic oxidation sites excluding steroid dienone is 2. The minimum absolute atomic E-state index is 0.168. The molecule has 1 aliphatic heterocycles. The SMILES string of the molecule is CC(=O)C1=C(C2CC2)OCCS1. The van der Waals surface area contributed by atoms with Gasteiger partial charge in [-0.05, 0) is 19.8 Å². The molecule has 66 valence electrons. The first-order valence-corrected chi connectivity index (χ1v) is 5.28. The number of ketones is 1. The Morgan fingerprint density at radius 3 is 2.92 bits per heavy atom. The van der Waals surface area contributed by atoms with Gasteiger partial charge in [-0.2, -0.15) is 0 Å². The lowest BCUT2D eigenvalue weighted by Crippen LogP contribution is -2.12. The van der Waals surface area contributed by atoms with Gasteiger partial charge in [0.15, 0.2) is 5.78 Å². The van der Waals surface area contributed by atoms with E-state index in [0.717, 1.165) is 23.0 Å². The fourth-order valence-electron chi connectivity index (χ4n) is 1.36. The molecule has 0 atom stereocenters. The lowest BCUT2D eigenvalue weighted by molar-refractivity contribution is -0.113. The van der Waals surface area contributed by atoms with Crippen molar-refractivity contribution in [2.75, 3.05) is 12.4 Å². The van der Waals surface area contributed by atoms with Crippen LogP contribution in [0.25, 0.3) is 0 Å². The Hall–Kier alpha value is -0.440. The van der Waals surface area contributed by atoms with Crippen molar-refractivity contribution in [1.82, 2.24) is 0 Å². The number of rotatable bonds is 2. The average Bonchev–Trinajstić information content (AvgIpc) is 2.87. The van der Waals surface area contributed by atoms with E-state index in [2.05, 4.69) is 0 Å². The molecule has 1 aliphatic carbocycles. The highest BCUT2D eigenvalue weighted by molar-refractivity contribution is 8.04. The van der Waals surface area contributed by atoms with Gasteiger partial charge in [0.05, 0.1) is 11.5 Å². The molecule has 0 bridgehead atoms. The van der Waals surface area contributed by atoms with E-state index in [1.165, 1.54) is 12.8 Å². The van der Waals surface area contributed by atoms with Gasteiger partial charge in [-0.25, -0.2) is 0 Å². The molecular formula is C9H12O2S. The van der Waals surface area contributed by atoms with Crippen molar-refractivity contribution < 1.29 is 9.53 Å². The third-order valence-electron chi connectivity index (χ3n) is 2.08. The van der Waals surface area contributed by atoms with Gasteiger partial charge in [0.2, 0.25) is 0 Å². The van der Waals surface area contributed by atoms with Crippen molar-refractivity contribution in [3.05, 3.63) is 10.7 Å². The largest absolute Gasteiger partial charge is 0.495 e. The maximum Gasteiger partial charge on any atom is 0.169 e. The van der Waals surface area contributed by atoms with E-state index in [0.29, 0.717) is 5.92 Å². The molecule has 2 aliphatic rings. The summed E-state index contributed by atoms with van der Waals surface area (Å²) in [6.45, 7) is 2.40. The van der Waals surface area contributed by atoms with Crippen molar-refractivity contribution >= 4 is 17.5 Å². The quantitative estimate of drug-likeness (QED) is 0.656. The second kappa shape index (κ2) is 3.13. The molecule has 0 N–H and O–H groups in total. The lowest BCUT2D eigenvalue weighted by Gasteiger charge is -2.18. The first kappa shape index (κ1) is 8.17. The molecule has 2 nitrogen and oxygen atoms in total. The average molecular weight is 184 g/mol. The standard InChI is InChI=1S/C9H12O2S/c1-6(10)9-8(7-2-3-7)11-4-5-12-9/h7H,2-5H2,1H3. The van der Waals surface area contributed by atoms with Crippen LogP contribution in [0.4, 0.5) is 0 Å². The van der Waals surface area contributed by atoms with Gasteiger partial charge in [-0.15, -0.1) is 11.8 Å². The van der Waals surface area contributed by atoms with Crippen LogP contribution < -0.4 is 0 Å². The number of thioether (sulfide) groups is 1. The van der Waals surface area contributed by atoms with E-state index in [-0.39, 0.29) is 5.78 Å². The Bertz CT molecular complexity index is 241. The highest BCUT2D eigenvalue weighted by Gasteiger charge is 2.33. The Kier molecular flexibility index (Phi) is 2.13. The molecule has 12 heavy (non-hydrogen) atoms. The van der Waals surface area contributed by atoms with Crippen LogP contribution in [0.1, 0.15) is 19.8 Å². The summed E-state index contributed by atoms with van der Waals surface area (Å²) in [4.78, 5) is 12.1. The van der Waals surface area contributed by atoms with E-state index in [1.54, 1.807) is 18.7 Å². The molecule has 0 aromatic heterocycles. The molecule has 0 aromatic rings. The van der Waals surface area contributed by atoms with Gasteiger partial charge < -0.3 is 4.74 Å². The van der Waals surface area contributed by atoms with Crippen LogP contribution in [0.2, 0.25) is 0 Å². The van der Waals surface area contributed by atoms with Gasteiger partial charge in [0.1, 0.15) is 5.76 Å². The Balaban J connectivity index is 2.23. The summed E-state index contributed by atoms with van der Waals surface area (Å²) in [5.74, 6) is 2.64. The molecule has 3 heteroatoms. The molecule has 0 saturated heterocycles. The Labute approximate surface area is 76.4 Å². The zero-order valence-electron chi connectivity index (χ0n) is 7.13. The summed E-state index contributed by atoms with van der Waals surface area (Å²) < 4.78 is 5.51. The summed E-state index contributed by atoms with van der Waals surface area (Å²) in [5, 5.41) is 0. The van der Waals surface area contributed by atoms with Gasteiger partial charge >= 0.3 is 0 Å². The van der Waals surface area contributed by atoms with Crippen molar-refractivity contribution in [2.45, 2.75) is 19.8 Å². The Morgan fingerprint density at radius 2 is 2.33 bits per heavy atom. The number of carbonyl (C=O) groups excluding carboxylic acids is 1. The number of hydrogen-bond acceptors (Lipinski definition) is 3. The molecule has 0 radical (unpaired) electrons. The zero-order valence-corrected chi connectivity index (χ0v) is 7.95. The van der Waals surface area contributed by atoms with Crippen LogP contribution in [0.3, 0.4) is 0 Å². The minimum atomic E-state index is 0.168. The fourth-order valence-corrected chi connectivity index (χ4v) is 2.30. The predicted molar refractivity (Wildman–Crippen MR) is 48.8 cm³/mol. The van der Waals surface area contributed by atoms with E-state index in [4.69, 9.17) is 4.74 Å². The molecule has 1 saturated carbocycles. The van der Waals surface area contributed by atoms with E-state index in [1.807, 2.05) is 0 Å². The molecule has 0 unspecified atom stereocenters. The van der Waals surface area contributed by atoms with Crippen molar-refractivity contribution in [3.8, 4) is 0 Å². The van der Waals surface area contributed by atoms with Gasteiger partial charge in [-0.1, -0.05) is 0 Å². The topological polar surface area (TPSA) is 26.3 Å². The van der Waals surface area contributed by atoms with E-state index >= 15 is 0 Å². The fraction of sp³-hybridized carbons (Fsp3) is 0.667. The predicted octanol–water partition coefficient (Wildman–Crippen LogP) is 1.96. The molecule has 2 rings (SSSR count). The van der Waals surface area contributed by atoms with Crippen LogP contribution in [-0.4, -0.2) is 18.1 Å². The maximum atomic E-state index is 11.2.